The number of rotatable bonds is 9. The number of carbonyl (C=O) groups excluding carboxylic acids is 3. The number of carboxylic acid groups (broad SMARTS) is 3. The van der Waals surface area contributed by atoms with Crippen molar-refractivity contribution in [3.63, 3.8) is 0 Å². The number of hydrogen-bond acceptors (Lipinski definition) is 7. The molecule has 0 aliphatic carbocycles. The summed E-state index contributed by atoms with van der Waals surface area (Å²) in [5.41, 5.74) is 10.6. The first-order valence-electron chi connectivity index (χ1n) is 5.74. The molecule has 0 aromatic heterocycles. The van der Waals surface area contributed by atoms with Gasteiger partial charge in [-0.25, -0.2) is 0 Å². The molecule has 0 aromatic rings. The lowest BCUT2D eigenvalue weighted by Crippen LogP contribution is -2.80. The highest BCUT2D eigenvalue weighted by Gasteiger charge is 2.15. The Hall–Kier alpha value is -2.36. The van der Waals surface area contributed by atoms with Crippen LogP contribution in [0.2, 0.25) is 0 Å². The van der Waals surface area contributed by atoms with Gasteiger partial charge in [0.2, 0.25) is 0 Å². The van der Waals surface area contributed by atoms with E-state index >= 15 is 0 Å². The van der Waals surface area contributed by atoms with Crippen molar-refractivity contribution in [2.24, 2.45) is 5.73 Å². The number of nitrogens with two attached hydrogens (primary N) is 2. The van der Waals surface area contributed by atoms with Crippen LogP contribution in [0.1, 0.15) is 19.3 Å². The van der Waals surface area contributed by atoms with Gasteiger partial charge in [-0.05, 0) is 6.42 Å². The molecule has 10 nitrogen and oxygen atoms in total. The lowest BCUT2D eigenvalue weighted by molar-refractivity contribution is -0.468. The third-order valence-corrected chi connectivity index (χ3v) is 2.30. The largest absolute Gasteiger partial charge is 0.550 e. The Kier molecular flexibility index (Phi) is 7.67. The molecule has 2 unspecified atom stereocenters. The molecule has 0 fully saturated rings. The zero-order valence-electron chi connectivity index (χ0n) is 10.6. The first kappa shape index (κ1) is 17.6. The van der Waals surface area contributed by atoms with E-state index < -0.39 is 36.4 Å². The van der Waals surface area contributed by atoms with Gasteiger partial charge in [-0.15, -0.1) is 0 Å². The van der Waals surface area contributed by atoms with Gasteiger partial charge in [-0.2, -0.15) is 5.73 Å². The number of hydrogen-bond donors (Lipinski definition) is 4. The highest BCUT2D eigenvalue weighted by atomic mass is 16.4. The molecular weight excluding hydrogens is 272 g/mol. The monoisotopic (exact) mass is 288 g/mol. The molecule has 0 amide bonds. The van der Waals surface area contributed by atoms with Crippen molar-refractivity contribution < 1.29 is 40.4 Å². The van der Waals surface area contributed by atoms with Crippen LogP contribution in [0.25, 0.3) is 0 Å². The number of carboxylic acids is 3. The van der Waals surface area contributed by atoms with Crippen LogP contribution in [0, 0.1) is 0 Å². The Morgan fingerprint density at radius 2 is 1.80 bits per heavy atom. The lowest BCUT2D eigenvalue weighted by atomic mass is 10.2. The van der Waals surface area contributed by atoms with E-state index in [4.69, 9.17) is 11.5 Å². The van der Waals surface area contributed by atoms with Gasteiger partial charge >= 0.3 is 5.96 Å². The van der Waals surface area contributed by atoms with Gasteiger partial charge in [-0.3, -0.25) is 16.0 Å². The number of nitrogens with one attached hydrogen (secondary N) is 2. The molecule has 0 bridgehead atoms. The molecule has 113 valence electrons. The number of aliphatic carboxylic acids is 3. The highest BCUT2D eigenvalue weighted by Crippen LogP contribution is 1.88. The minimum atomic E-state index is -1.64. The van der Waals surface area contributed by atoms with Crippen LogP contribution in [-0.2, 0) is 14.4 Å². The SMILES string of the molecule is NC(NC(CC(=O)[O-])C(=O)[O-])=[NH+]CCCC([NH2+])C(=O)[O-]. The molecule has 0 rings (SSSR count). The summed E-state index contributed by atoms with van der Waals surface area (Å²) >= 11 is 0. The molecule has 1 radical (unpaired) electrons. The Labute approximate surface area is 114 Å². The molecule has 0 saturated heterocycles. The topological polar surface area (TPSA) is 198 Å². The summed E-state index contributed by atoms with van der Waals surface area (Å²) in [7, 11) is 0. The molecule has 0 aromatic carbocycles. The first-order valence-corrected chi connectivity index (χ1v) is 5.74. The van der Waals surface area contributed by atoms with Crippen molar-refractivity contribution in [2.75, 3.05) is 6.54 Å². The molecule has 0 aliphatic heterocycles. The van der Waals surface area contributed by atoms with Crippen LogP contribution in [-0.4, -0.2) is 42.5 Å². The van der Waals surface area contributed by atoms with E-state index in [1.54, 1.807) is 0 Å². The van der Waals surface area contributed by atoms with Gasteiger partial charge in [0.05, 0.1) is 12.5 Å². The molecule has 0 aliphatic rings. The summed E-state index contributed by atoms with van der Waals surface area (Å²) in [6.45, 7) is 0.213. The van der Waals surface area contributed by atoms with Gasteiger partial charge in [0.25, 0.3) is 0 Å². The second-order valence-electron chi connectivity index (χ2n) is 4.00. The zero-order chi connectivity index (χ0) is 15.7. The standard InChI is InChI=1S/C10H18N4O6/c11-5(8(17)18)2-1-3-13-10(12)14-6(9(19)20)4-7(15)16/h5-6H,1-4,11H2,(H,15,16)(H,17,18)(H,19,20)(H3,12,13,14)/q+1/p-2. The summed E-state index contributed by atoms with van der Waals surface area (Å²) in [6, 6.07) is -2.63. The maximum atomic E-state index is 10.6. The normalized spacial score (nSPS) is 14.3. The molecular formula is C10H16N4O6-. The minimum absolute atomic E-state index is 0.144. The quantitative estimate of drug-likeness (QED) is 0.182. The summed E-state index contributed by atoms with van der Waals surface area (Å²) < 4.78 is 0. The van der Waals surface area contributed by atoms with Crippen molar-refractivity contribution >= 4 is 23.9 Å². The molecule has 0 heterocycles. The van der Waals surface area contributed by atoms with E-state index in [-0.39, 0.29) is 18.9 Å². The van der Waals surface area contributed by atoms with E-state index in [0.29, 0.717) is 6.42 Å². The van der Waals surface area contributed by atoms with E-state index in [1.807, 2.05) is 0 Å². The molecule has 10 heteroatoms. The molecule has 0 saturated carbocycles. The third-order valence-electron chi connectivity index (χ3n) is 2.30. The van der Waals surface area contributed by atoms with Gasteiger partial charge in [-0.1, -0.05) is 0 Å². The Morgan fingerprint density at radius 3 is 2.25 bits per heavy atom. The van der Waals surface area contributed by atoms with Crippen molar-refractivity contribution in [3.8, 4) is 0 Å². The molecule has 6 N–H and O–H groups in total. The van der Waals surface area contributed by atoms with E-state index in [2.05, 4.69) is 10.3 Å². The van der Waals surface area contributed by atoms with Crippen LogP contribution >= 0.6 is 0 Å². The van der Waals surface area contributed by atoms with E-state index in [9.17, 15) is 29.7 Å². The molecule has 20 heavy (non-hydrogen) atoms. The average Bonchev–Trinajstić information content (AvgIpc) is 2.32. The second kappa shape index (κ2) is 8.69. The second-order valence-corrected chi connectivity index (χ2v) is 4.00. The predicted octanol–water partition coefficient (Wildman–Crippen LogP) is -8.84. The maximum Gasteiger partial charge on any atom is 0.341 e. The third kappa shape index (κ3) is 7.87. The summed E-state index contributed by atoms with van der Waals surface area (Å²) in [6.07, 6.45) is -0.320. The predicted molar refractivity (Wildman–Crippen MR) is 56.5 cm³/mol. The fraction of sp³-hybridized carbons (Fsp3) is 0.600. The van der Waals surface area contributed by atoms with Gasteiger partial charge in [0.15, 0.2) is 6.04 Å². The molecule has 2 atom stereocenters. The van der Waals surface area contributed by atoms with Crippen LogP contribution in [0.3, 0.4) is 0 Å². The smallest absolute Gasteiger partial charge is 0.341 e. The van der Waals surface area contributed by atoms with Crippen molar-refractivity contribution in [3.05, 3.63) is 0 Å². The first-order chi connectivity index (χ1) is 9.23. The number of carbonyl (C=O) groups is 3. The van der Waals surface area contributed by atoms with Gasteiger partial charge in [0, 0.05) is 18.8 Å². The van der Waals surface area contributed by atoms with Crippen LogP contribution in [0.15, 0.2) is 0 Å². The van der Waals surface area contributed by atoms with Crippen LogP contribution in [0.5, 0.6) is 0 Å². The average molecular weight is 288 g/mol. The molecule has 0 spiro atoms. The van der Waals surface area contributed by atoms with E-state index in [0.717, 1.165) is 0 Å². The highest BCUT2D eigenvalue weighted by molar-refractivity contribution is 5.84. The maximum absolute atomic E-state index is 10.6. The fourth-order valence-corrected chi connectivity index (χ4v) is 1.26. The van der Waals surface area contributed by atoms with Gasteiger partial charge in [0.1, 0.15) is 12.0 Å². The summed E-state index contributed by atoms with van der Waals surface area (Å²) in [5.74, 6) is -4.76. The summed E-state index contributed by atoms with van der Waals surface area (Å²) in [5, 5.41) is 33.4. The van der Waals surface area contributed by atoms with Crippen molar-refractivity contribution in [1.82, 2.24) is 5.32 Å². The number of guanidine groups is 1. The lowest BCUT2D eigenvalue weighted by Gasteiger charge is -2.16. The zero-order valence-corrected chi connectivity index (χ0v) is 10.6. The van der Waals surface area contributed by atoms with Crippen LogP contribution < -0.4 is 37.1 Å². The summed E-state index contributed by atoms with van der Waals surface area (Å²) in [4.78, 5) is 33.8. The van der Waals surface area contributed by atoms with E-state index in [1.165, 1.54) is 0 Å². The van der Waals surface area contributed by atoms with Crippen molar-refractivity contribution in [2.45, 2.75) is 31.3 Å². The Balaban J connectivity index is 4.19. The Bertz CT molecular complexity index is 397. The van der Waals surface area contributed by atoms with Crippen molar-refractivity contribution in [1.29, 1.82) is 0 Å². The van der Waals surface area contributed by atoms with Gasteiger partial charge < -0.3 is 29.7 Å². The minimum Gasteiger partial charge on any atom is -0.550 e. The Morgan fingerprint density at radius 1 is 1.20 bits per heavy atom. The fourth-order valence-electron chi connectivity index (χ4n) is 1.26. The van der Waals surface area contributed by atoms with Crippen LogP contribution in [0.4, 0.5) is 0 Å².